The van der Waals surface area contributed by atoms with Crippen LogP contribution in [0.1, 0.15) is 17.2 Å². The number of hydrogen-bond acceptors (Lipinski definition) is 3. The molecule has 0 radical (unpaired) electrons. The van der Waals surface area contributed by atoms with Crippen LogP contribution in [0.15, 0.2) is 49.1 Å². The first-order chi connectivity index (χ1) is 12.0. The summed E-state index contributed by atoms with van der Waals surface area (Å²) in [4.78, 5) is 3.83. The van der Waals surface area contributed by atoms with Gasteiger partial charge in [-0.15, -0.1) is 0 Å². The second-order valence-electron chi connectivity index (χ2n) is 5.15. The number of aliphatic hydroxyl groups excluding tert-OH is 1. The Hall–Kier alpha value is -2.28. The molecule has 0 bridgehead atoms. The van der Waals surface area contributed by atoms with Gasteiger partial charge in [-0.2, -0.15) is 5.10 Å². The van der Waals surface area contributed by atoms with Crippen molar-refractivity contribution >= 4 is 35.0 Å². The molecule has 1 heterocycles. The van der Waals surface area contributed by atoms with E-state index in [-0.39, 0.29) is 11.3 Å². The van der Waals surface area contributed by atoms with Crippen LogP contribution in [-0.2, 0) is 0 Å². The van der Waals surface area contributed by atoms with E-state index in [0.717, 1.165) is 6.07 Å². The van der Waals surface area contributed by atoms with Crippen molar-refractivity contribution in [3.63, 3.8) is 0 Å². The maximum Gasteiger partial charge on any atom is 0.138 e. The Labute approximate surface area is 152 Å². The first kappa shape index (κ1) is 17.5. The van der Waals surface area contributed by atoms with Gasteiger partial charge < -0.3 is 5.11 Å². The molecule has 3 aromatic rings. The van der Waals surface area contributed by atoms with E-state index in [2.05, 4.69) is 10.1 Å². The Balaban J connectivity index is 2.09. The van der Waals surface area contributed by atoms with Gasteiger partial charge in [0.05, 0.1) is 15.7 Å². The summed E-state index contributed by atoms with van der Waals surface area (Å²) in [6.45, 7) is 0. The van der Waals surface area contributed by atoms with Crippen molar-refractivity contribution in [2.75, 3.05) is 0 Å². The van der Waals surface area contributed by atoms with Crippen LogP contribution in [0.3, 0.4) is 0 Å². The highest BCUT2D eigenvalue weighted by Crippen LogP contribution is 2.30. The molecule has 0 aliphatic carbocycles. The largest absolute Gasteiger partial charge is 0.382 e. The highest BCUT2D eigenvalue weighted by atomic mass is 35.5. The molecule has 0 amide bonds. The summed E-state index contributed by atoms with van der Waals surface area (Å²) < 4.78 is 28.5. The van der Waals surface area contributed by atoms with Crippen LogP contribution < -0.4 is 0 Å². The number of nitrogens with zero attached hydrogens (tertiary/aromatic N) is 3. The van der Waals surface area contributed by atoms with Crippen LogP contribution in [0.2, 0.25) is 10.0 Å². The average Bonchev–Trinajstić information content (AvgIpc) is 3.09. The van der Waals surface area contributed by atoms with Crippen molar-refractivity contribution in [2.45, 2.75) is 6.10 Å². The lowest BCUT2D eigenvalue weighted by atomic mass is 10.0. The summed E-state index contributed by atoms with van der Waals surface area (Å²) >= 11 is 11.9. The third-order valence-corrected chi connectivity index (χ3v) is 4.22. The molecule has 128 valence electrons. The van der Waals surface area contributed by atoms with E-state index in [1.807, 2.05) is 0 Å². The molecule has 1 aromatic heterocycles. The maximum absolute atomic E-state index is 14.0. The Morgan fingerprint density at radius 3 is 2.56 bits per heavy atom. The molecule has 0 aliphatic heterocycles. The predicted octanol–water partition coefficient (Wildman–Crippen LogP) is 4.59. The van der Waals surface area contributed by atoms with Crippen molar-refractivity contribution in [1.82, 2.24) is 14.8 Å². The number of hydrogen-bond donors (Lipinski definition) is 1. The molecule has 0 saturated heterocycles. The zero-order valence-electron chi connectivity index (χ0n) is 12.6. The standard InChI is InChI=1S/C17H11Cl2F2N3O/c18-13-4-1-10(5-14(13)19)6-16(24-9-22-8-23-24)17(25)12-3-2-11(20)7-15(12)21/h1-9,17,25H/b16-6+. The summed E-state index contributed by atoms with van der Waals surface area (Å²) in [6.07, 6.45) is 2.78. The van der Waals surface area contributed by atoms with E-state index >= 15 is 0 Å². The van der Waals surface area contributed by atoms with Crippen molar-refractivity contribution in [1.29, 1.82) is 0 Å². The molecule has 0 spiro atoms. The minimum absolute atomic E-state index is 0.0942. The fraction of sp³-hybridized carbons (Fsp3) is 0.0588. The molecule has 0 aliphatic rings. The van der Waals surface area contributed by atoms with Crippen LogP contribution in [0.4, 0.5) is 8.78 Å². The molecule has 0 saturated carbocycles. The number of halogens is 4. The second kappa shape index (κ2) is 7.31. The number of aromatic nitrogens is 3. The molecule has 2 aromatic carbocycles. The summed E-state index contributed by atoms with van der Waals surface area (Å²) in [7, 11) is 0. The van der Waals surface area contributed by atoms with Crippen molar-refractivity contribution < 1.29 is 13.9 Å². The van der Waals surface area contributed by atoms with Gasteiger partial charge in [-0.25, -0.2) is 18.4 Å². The van der Waals surface area contributed by atoms with Crippen LogP contribution in [0.5, 0.6) is 0 Å². The van der Waals surface area contributed by atoms with Crippen molar-refractivity contribution in [3.8, 4) is 0 Å². The summed E-state index contributed by atoms with van der Waals surface area (Å²) in [5.41, 5.74) is 0.728. The zero-order chi connectivity index (χ0) is 18.0. The van der Waals surface area contributed by atoms with Gasteiger partial charge in [0.15, 0.2) is 0 Å². The van der Waals surface area contributed by atoms with Gasteiger partial charge in [0, 0.05) is 11.6 Å². The number of aliphatic hydroxyl groups is 1. The van der Waals surface area contributed by atoms with E-state index in [1.54, 1.807) is 24.3 Å². The fourth-order valence-corrected chi connectivity index (χ4v) is 2.57. The quantitative estimate of drug-likeness (QED) is 0.718. The molecule has 1 atom stereocenters. The van der Waals surface area contributed by atoms with Crippen LogP contribution >= 0.6 is 23.2 Å². The SMILES string of the molecule is OC(/C(=C\c1ccc(Cl)c(Cl)c1)n1cncn1)c1ccc(F)cc1F. The smallest absolute Gasteiger partial charge is 0.138 e. The van der Waals surface area contributed by atoms with Crippen LogP contribution in [0.25, 0.3) is 11.8 Å². The lowest BCUT2D eigenvalue weighted by molar-refractivity contribution is 0.225. The monoisotopic (exact) mass is 381 g/mol. The highest BCUT2D eigenvalue weighted by molar-refractivity contribution is 6.42. The minimum atomic E-state index is -1.41. The topological polar surface area (TPSA) is 50.9 Å². The third-order valence-electron chi connectivity index (χ3n) is 3.48. The number of rotatable bonds is 4. The molecule has 0 fully saturated rings. The predicted molar refractivity (Wildman–Crippen MR) is 92.0 cm³/mol. The molecule has 8 heteroatoms. The fourth-order valence-electron chi connectivity index (χ4n) is 2.27. The molecule has 25 heavy (non-hydrogen) atoms. The Morgan fingerprint density at radius 1 is 1.12 bits per heavy atom. The van der Waals surface area contributed by atoms with E-state index in [4.69, 9.17) is 23.2 Å². The normalized spacial score (nSPS) is 13.1. The molecule has 1 unspecified atom stereocenters. The Bertz CT molecular complexity index is 930. The van der Waals surface area contributed by atoms with Crippen LogP contribution in [-0.4, -0.2) is 19.9 Å². The van der Waals surface area contributed by atoms with E-state index in [9.17, 15) is 13.9 Å². The lowest BCUT2D eigenvalue weighted by Crippen LogP contribution is -2.10. The molecular weight excluding hydrogens is 371 g/mol. The first-order valence-corrected chi connectivity index (χ1v) is 7.86. The van der Waals surface area contributed by atoms with Gasteiger partial charge >= 0.3 is 0 Å². The van der Waals surface area contributed by atoms with Crippen LogP contribution in [0, 0.1) is 11.6 Å². The summed E-state index contributed by atoms with van der Waals surface area (Å²) in [5, 5.41) is 15.3. The lowest BCUT2D eigenvalue weighted by Gasteiger charge is -2.16. The third kappa shape index (κ3) is 3.87. The summed E-state index contributed by atoms with van der Waals surface area (Å²) in [5.74, 6) is -1.60. The highest BCUT2D eigenvalue weighted by Gasteiger charge is 2.20. The summed E-state index contributed by atoms with van der Waals surface area (Å²) in [6, 6.07) is 7.82. The average molecular weight is 382 g/mol. The van der Waals surface area contributed by atoms with Gasteiger partial charge in [0.25, 0.3) is 0 Å². The van der Waals surface area contributed by atoms with E-state index in [0.29, 0.717) is 21.7 Å². The Morgan fingerprint density at radius 2 is 1.92 bits per heavy atom. The van der Waals surface area contributed by atoms with Gasteiger partial charge in [-0.05, 0) is 29.8 Å². The van der Waals surface area contributed by atoms with Gasteiger partial charge in [-0.1, -0.05) is 35.3 Å². The first-order valence-electron chi connectivity index (χ1n) is 7.10. The number of benzene rings is 2. The zero-order valence-corrected chi connectivity index (χ0v) is 14.1. The molecule has 4 nitrogen and oxygen atoms in total. The molecule has 1 N–H and O–H groups in total. The molecular formula is C17H11Cl2F2N3O. The van der Waals surface area contributed by atoms with Gasteiger partial charge in [0.1, 0.15) is 30.4 Å². The maximum atomic E-state index is 14.0. The minimum Gasteiger partial charge on any atom is -0.382 e. The second-order valence-corrected chi connectivity index (χ2v) is 5.97. The van der Waals surface area contributed by atoms with Gasteiger partial charge in [-0.3, -0.25) is 0 Å². The van der Waals surface area contributed by atoms with E-state index < -0.39 is 17.7 Å². The molecule has 3 rings (SSSR count). The van der Waals surface area contributed by atoms with Crippen molar-refractivity contribution in [3.05, 3.63) is 81.9 Å². The van der Waals surface area contributed by atoms with E-state index in [1.165, 1.54) is 23.4 Å². The Kier molecular flexibility index (Phi) is 5.13. The van der Waals surface area contributed by atoms with Crippen molar-refractivity contribution in [2.24, 2.45) is 0 Å². The van der Waals surface area contributed by atoms with Gasteiger partial charge in [0.2, 0.25) is 0 Å².